The molecule has 3 nitrogen and oxygen atoms in total. The zero-order chi connectivity index (χ0) is 13.2. The molecule has 2 N–H and O–H groups in total. The molecule has 0 heterocycles. The normalized spacial score (nSPS) is 10.3. The molecule has 0 aromatic heterocycles. The Bertz CT molecular complexity index is 355. The van der Waals surface area contributed by atoms with Crippen LogP contribution in [0.5, 0.6) is 0 Å². The number of hydrogen-bond donors (Lipinski definition) is 3. The van der Waals surface area contributed by atoms with Gasteiger partial charge in [-0.3, -0.25) is 4.79 Å². The van der Waals surface area contributed by atoms with E-state index in [1.807, 2.05) is 24.3 Å². The van der Waals surface area contributed by atoms with E-state index in [1.54, 1.807) is 11.8 Å². The summed E-state index contributed by atoms with van der Waals surface area (Å²) in [6, 6.07) is 7.60. The summed E-state index contributed by atoms with van der Waals surface area (Å²) in [6.45, 7) is 0.917. The molecule has 0 saturated carbocycles. The standard InChI is InChI=1S/C13H19NO2S2/c15-7-1-8-18-9-6-14-13(16)10-11-2-4-12(17)5-3-11/h2-5,15,17H,1,6-10H2,(H,14,16). The first-order valence-corrected chi connectivity index (χ1v) is 7.56. The number of nitrogens with one attached hydrogen (secondary N) is 1. The van der Waals surface area contributed by atoms with Crippen molar-refractivity contribution in [2.75, 3.05) is 24.7 Å². The molecule has 1 aromatic rings. The van der Waals surface area contributed by atoms with E-state index in [9.17, 15) is 4.79 Å². The van der Waals surface area contributed by atoms with Crippen LogP contribution in [0.15, 0.2) is 29.2 Å². The molecule has 0 bridgehead atoms. The van der Waals surface area contributed by atoms with Gasteiger partial charge in [-0.1, -0.05) is 12.1 Å². The van der Waals surface area contributed by atoms with E-state index in [2.05, 4.69) is 17.9 Å². The van der Waals surface area contributed by atoms with Crippen molar-refractivity contribution in [2.45, 2.75) is 17.7 Å². The quantitative estimate of drug-likeness (QED) is 0.504. The summed E-state index contributed by atoms with van der Waals surface area (Å²) >= 11 is 5.94. The van der Waals surface area contributed by atoms with Gasteiger partial charge in [0, 0.05) is 23.8 Å². The van der Waals surface area contributed by atoms with Crippen LogP contribution in [0.25, 0.3) is 0 Å². The van der Waals surface area contributed by atoms with Crippen LogP contribution in [-0.4, -0.2) is 35.7 Å². The van der Waals surface area contributed by atoms with Crippen LogP contribution in [0, 0.1) is 0 Å². The molecule has 1 rings (SSSR count). The molecule has 100 valence electrons. The predicted molar refractivity (Wildman–Crippen MR) is 79.4 cm³/mol. The minimum Gasteiger partial charge on any atom is -0.396 e. The maximum atomic E-state index is 11.6. The number of benzene rings is 1. The Balaban J connectivity index is 2.12. The van der Waals surface area contributed by atoms with Crippen molar-refractivity contribution in [2.24, 2.45) is 0 Å². The van der Waals surface area contributed by atoms with Crippen LogP contribution >= 0.6 is 24.4 Å². The highest BCUT2D eigenvalue weighted by molar-refractivity contribution is 7.99. The number of thiol groups is 1. The molecule has 0 unspecified atom stereocenters. The van der Waals surface area contributed by atoms with E-state index < -0.39 is 0 Å². The van der Waals surface area contributed by atoms with Gasteiger partial charge >= 0.3 is 0 Å². The third-order valence-electron chi connectivity index (χ3n) is 2.32. The van der Waals surface area contributed by atoms with E-state index in [4.69, 9.17) is 5.11 Å². The fraction of sp³-hybridized carbons (Fsp3) is 0.462. The summed E-state index contributed by atoms with van der Waals surface area (Å²) in [4.78, 5) is 12.5. The molecule has 0 atom stereocenters. The third-order valence-corrected chi connectivity index (χ3v) is 3.68. The highest BCUT2D eigenvalue weighted by atomic mass is 32.2. The second kappa shape index (κ2) is 9.30. The molecule has 0 fully saturated rings. The van der Waals surface area contributed by atoms with Gasteiger partial charge in [-0.2, -0.15) is 11.8 Å². The Morgan fingerprint density at radius 3 is 2.67 bits per heavy atom. The summed E-state index contributed by atoms with van der Waals surface area (Å²) in [5.74, 6) is 1.88. The van der Waals surface area contributed by atoms with Gasteiger partial charge in [-0.05, 0) is 29.9 Å². The average molecular weight is 285 g/mol. The maximum Gasteiger partial charge on any atom is 0.224 e. The molecule has 5 heteroatoms. The number of thioether (sulfide) groups is 1. The fourth-order valence-electron chi connectivity index (χ4n) is 1.39. The zero-order valence-corrected chi connectivity index (χ0v) is 12.0. The van der Waals surface area contributed by atoms with Crippen LogP contribution in [-0.2, 0) is 11.2 Å². The van der Waals surface area contributed by atoms with E-state index in [0.29, 0.717) is 13.0 Å². The van der Waals surface area contributed by atoms with Crippen molar-refractivity contribution in [3.05, 3.63) is 29.8 Å². The van der Waals surface area contributed by atoms with Crippen LogP contribution in [0.2, 0.25) is 0 Å². The first kappa shape index (κ1) is 15.4. The minimum absolute atomic E-state index is 0.0460. The molecule has 1 amide bonds. The van der Waals surface area contributed by atoms with Crippen LogP contribution in [0.4, 0.5) is 0 Å². The summed E-state index contributed by atoms with van der Waals surface area (Å²) < 4.78 is 0. The van der Waals surface area contributed by atoms with Gasteiger partial charge < -0.3 is 10.4 Å². The van der Waals surface area contributed by atoms with Gasteiger partial charge in [0.25, 0.3) is 0 Å². The number of aliphatic hydroxyl groups excluding tert-OH is 1. The summed E-state index contributed by atoms with van der Waals surface area (Å²) in [5, 5.41) is 11.5. The predicted octanol–water partition coefficient (Wildman–Crippen LogP) is 1.75. The second-order valence-electron chi connectivity index (χ2n) is 3.88. The monoisotopic (exact) mass is 285 g/mol. The summed E-state index contributed by atoms with van der Waals surface area (Å²) in [6.07, 6.45) is 1.23. The first-order valence-electron chi connectivity index (χ1n) is 5.95. The Morgan fingerprint density at radius 2 is 2.00 bits per heavy atom. The molecular formula is C13H19NO2S2. The molecule has 0 spiro atoms. The second-order valence-corrected chi connectivity index (χ2v) is 5.62. The molecule has 0 radical (unpaired) electrons. The Morgan fingerprint density at radius 1 is 1.28 bits per heavy atom. The van der Waals surface area contributed by atoms with Crippen LogP contribution < -0.4 is 5.32 Å². The Hall–Kier alpha value is -0.650. The van der Waals surface area contributed by atoms with Crippen molar-refractivity contribution in [3.63, 3.8) is 0 Å². The molecule has 0 aliphatic rings. The molecule has 0 aliphatic heterocycles. The topological polar surface area (TPSA) is 49.3 Å². The minimum atomic E-state index is 0.0460. The number of amides is 1. The third kappa shape index (κ3) is 6.93. The van der Waals surface area contributed by atoms with Gasteiger partial charge in [0.1, 0.15) is 0 Å². The molecule has 18 heavy (non-hydrogen) atoms. The highest BCUT2D eigenvalue weighted by Crippen LogP contribution is 2.08. The number of aliphatic hydroxyl groups is 1. The molecule has 0 aliphatic carbocycles. The number of carbonyl (C=O) groups excluding carboxylic acids is 1. The smallest absolute Gasteiger partial charge is 0.224 e. The van der Waals surface area contributed by atoms with Gasteiger partial charge in [0.15, 0.2) is 0 Å². The number of rotatable bonds is 8. The van der Waals surface area contributed by atoms with Crippen molar-refractivity contribution in [1.29, 1.82) is 0 Å². The maximum absolute atomic E-state index is 11.6. The van der Waals surface area contributed by atoms with Crippen molar-refractivity contribution in [3.8, 4) is 0 Å². The number of carbonyl (C=O) groups is 1. The zero-order valence-electron chi connectivity index (χ0n) is 10.3. The highest BCUT2D eigenvalue weighted by Gasteiger charge is 2.02. The van der Waals surface area contributed by atoms with Gasteiger partial charge in [0.2, 0.25) is 5.91 Å². The van der Waals surface area contributed by atoms with Crippen LogP contribution in [0.1, 0.15) is 12.0 Å². The first-order chi connectivity index (χ1) is 8.72. The van der Waals surface area contributed by atoms with Crippen molar-refractivity contribution in [1.82, 2.24) is 5.32 Å². The average Bonchev–Trinajstić information content (AvgIpc) is 2.36. The lowest BCUT2D eigenvalue weighted by atomic mass is 10.1. The van der Waals surface area contributed by atoms with E-state index >= 15 is 0 Å². The SMILES string of the molecule is O=C(Cc1ccc(S)cc1)NCCSCCCO. The molecular weight excluding hydrogens is 266 g/mol. The largest absolute Gasteiger partial charge is 0.396 e. The molecule has 1 aromatic carbocycles. The number of hydrogen-bond acceptors (Lipinski definition) is 4. The van der Waals surface area contributed by atoms with Gasteiger partial charge in [0.05, 0.1) is 6.42 Å². The Kier molecular flexibility index (Phi) is 7.96. The summed E-state index contributed by atoms with van der Waals surface area (Å²) in [7, 11) is 0. The van der Waals surface area contributed by atoms with Crippen molar-refractivity contribution >= 4 is 30.3 Å². The van der Waals surface area contributed by atoms with E-state index in [1.165, 1.54) is 0 Å². The summed E-state index contributed by atoms with van der Waals surface area (Å²) in [5.41, 5.74) is 0.998. The van der Waals surface area contributed by atoms with Crippen LogP contribution in [0.3, 0.4) is 0 Å². The Labute approximate surface area is 118 Å². The van der Waals surface area contributed by atoms with E-state index in [-0.39, 0.29) is 12.5 Å². The van der Waals surface area contributed by atoms with Crippen molar-refractivity contribution < 1.29 is 9.90 Å². The van der Waals surface area contributed by atoms with E-state index in [0.717, 1.165) is 28.4 Å². The lowest BCUT2D eigenvalue weighted by Gasteiger charge is -2.05. The van der Waals surface area contributed by atoms with Gasteiger partial charge in [-0.25, -0.2) is 0 Å². The van der Waals surface area contributed by atoms with Gasteiger partial charge in [-0.15, -0.1) is 12.6 Å². The lowest BCUT2D eigenvalue weighted by molar-refractivity contribution is -0.120. The molecule has 0 saturated heterocycles. The lowest BCUT2D eigenvalue weighted by Crippen LogP contribution is -2.27. The fourth-order valence-corrected chi connectivity index (χ4v) is 2.33.